The summed E-state index contributed by atoms with van der Waals surface area (Å²) in [4.78, 5) is 3.57. The second-order valence-corrected chi connectivity index (χ2v) is 3.81. The standard InChI is InChI=1S/C9H10ClFN2/c10-6-2-8(9(11)13-4-6)7-1-5(7)3-12/h2,4-5,7H,1,3,12H2. The van der Waals surface area contributed by atoms with E-state index in [1.165, 1.54) is 6.20 Å². The molecular formula is C9H10ClFN2. The van der Waals surface area contributed by atoms with Gasteiger partial charge in [-0.3, -0.25) is 0 Å². The van der Waals surface area contributed by atoms with Crippen molar-refractivity contribution in [3.05, 3.63) is 28.8 Å². The molecule has 2 nitrogen and oxygen atoms in total. The van der Waals surface area contributed by atoms with E-state index in [1.807, 2.05) is 0 Å². The molecular weight excluding hydrogens is 191 g/mol. The largest absolute Gasteiger partial charge is 0.330 e. The van der Waals surface area contributed by atoms with Crippen LogP contribution in [0, 0.1) is 11.9 Å². The minimum Gasteiger partial charge on any atom is -0.330 e. The molecule has 0 amide bonds. The van der Waals surface area contributed by atoms with E-state index in [4.69, 9.17) is 17.3 Å². The highest BCUT2D eigenvalue weighted by atomic mass is 35.5. The molecule has 0 bridgehead atoms. The van der Waals surface area contributed by atoms with E-state index in [0.29, 0.717) is 23.0 Å². The van der Waals surface area contributed by atoms with Gasteiger partial charge in [0.2, 0.25) is 5.95 Å². The van der Waals surface area contributed by atoms with E-state index in [1.54, 1.807) is 6.07 Å². The first kappa shape index (κ1) is 8.91. The Kier molecular flexibility index (Phi) is 2.22. The maximum Gasteiger partial charge on any atom is 0.216 e. The zero-order valence-corrected chi connectivity index (χ0v) is 7.76. The molecule has 0 saturated heterocycles. The average molecular weight is 201 g/mol. The van der Waals surface area contributed by atoms with Gasteiger partial charge in [-0.05, 0) is 30.9 Å². The fraction of sp³-hybridized carbons (Fsp3) is 0.444. The predicted molar refractivity (Wildman–Crippen MR) is 49.1 cm³/mol. The lowest BCUT2D eigenvalue weighted by atomic mass is 10.1. The topological polar surface area (TPSA) is 38.9 Å². The van der Waals surface area contributed by atoms with Gasteiger partial charge in [0.15, 0.2) is 0 Å². The molecule has 1 saturated carbocycles. The maximum atomic E-state index is 13.2. The van der Waals surface area contributed by atoms with Crippen LogP contribution in [-0.2, 0) is 0 Å². The number of nitrogens with two attached hydrogens (primary N) is 1. The van der Waals surface area contributed by atoms with Crippen LogP contribution >= 0.6 is 11.6 Å². The summed E-state index contributed by atoms with van der Waals surface area (Å²) in [6, 6.07) is 1.64. The molecule has 1 fully saturated rings. The number of nitrogens with zero attached hydrogens (tertiary/aromatic N) is 1. The number of halogens is 2. The van der Waals surface area contributed by atoms with Gasteiger partial charge in [0, 0.05) is 11.8 Å². The minimum atomic E-state index is -0.412. The summed E-state index contributed by atoms with van der Waals surface area (Å²) in [5.41, 5.74) is 6.09. The van der Waals surface area contributed by atoms with Gasteiger partial charge in [-0.15, -0.1) is 0 Å². The lowest BCUT2D eigenvalue weighted by Crippen LogP contribution is -2.03. The molecule has 1 aromatic heterocycles. The quantitative estimate of drug-likeness (QED) is 0.741. The monoisotopic (exact) mass is 200 g/mol. The molecule has 4 heteroatoms. The Labute approximate surface area is 80.9 Å². The van der Waals surface area contributed by atoms with Crippen LogP contribution in [0.5, 0.6) is 0 Å². The SMILES string of the molecule is NCC1CC1c1cc(Cl)cnc1F. The molecule has 1 aromatic rings. The Morgan fingerprint density at radius 3 is 3.08 bits per heavy atom. The first-order valence-corrected chi connectivity index (χ1v) is 4.61. The maximum absolute atomic E-state index is 13.2. The zero-order chi connectivity index (χ0) is 9.42. The molecule has 1 aliphatic rings. The molecule has 70 valence electrons. The Hall–Kier alpha value is -0.670. The molecule has 0 aromatic carbocycles. The van der Waals surface area contributed by atoms with Crippen LogP contribution in [-0.4, -0.2) is 11.5 Å². The van der Waals surface area contributed by atoms with E-state index in [-0.39, 0.29) is 5.92 Å². The van der Waals surface area contributed by atoms with Crippen LogP contribution in [0.25, 0.3) is 0 Å². The average Bonchev–Trinajstić information content (AvgIpc) is 2.88. The summed E-state index contributed by atoms with van der Waals surface area (Å²) in [5, 5.41) is 0.485. The molecule has 0 aliphatic heterocycles. The van der Waals surface area contributed by atoms with E-state index in [9.17, 15) is 4.39 Å². The van der Waals surface area contributed by atoms with Gasteiger partial charge in [-0.1, -0.05) is 11.6 Å². The molecule has 1 aliphatic carbocycles. The van der Waals surface area contributed by atoms with Crippen LogP contribution in [0.3, 0.4) is 0 Å². The van der Waals surface area contributed by atoms with Crippen molar-refractivity contribution >= 4 is 11.6 Å². The number of aromatic nitrogens is 1. The fourth-order valence-corrected chi connectivity index (χ4v) is 1.75. The van der Waals surface area contributed by atoms with Gasteiger partial charge in [-0.25, -0.2) is 4.98 Å². The fourth-order valence-electron chi connectivity index (χ4n) is 1.59. The van der Waals surface area contributed by atoms with Crippen molar-refractivity contribution < 1.29 is 4.39 Å². The Balaban J connectivity index is 2.25. The summed E-state index contributed by atoms with van der Waals surface area (Å²) in [6.07, 6.45) is 2.27. The summed E-state index contributed by atoms with van der Waals surface area (Å²) in [6.45, 7) is 0.608. The van der Waals surface area contributed by atoms with Crippen molar-refractivity contribution in [2.75, 3.05) is 6.54 Å². The van der Waals surface area contributed by atoms with Crippen molar-refractivity contribution in [3.63, 3.8) is 0 Å². The molecule has 2 unspecified atom stereocenters. The van der Waals surface area contributed by atoms with Gasteiger partial charge >= 0.3 is 0 Å². The molecule has 2 rings (SSSR count). The molecule has 0 radical (unpaired) electrons. The highest BCUT2D eigenvalue weighted by Crippen LogP contribution is 2.47. The van der Waals surface area contributed by atoms with Gasteiger partial charge < -0.3 is 5.73 Å². The summed E-state index contributed by atoms with van der Waals surface area (Å²) in [7, 11) is 0. The van der Waals surface area contributed by atoms with Gasteiger partial charge in [-0.2, -0.15) is 4.39 Å². The molecule has 0 spiro atoms. The number of hydrogen-bond donors (Lipinski definition) is 1. The lowest BCUT2D eigenvalue weighted by molar-refractivity contribution is 0.563. The molecule has 2 atom stereocenters. The zero-order valence-electron chi connectivity index (χ0n) is 7.00. The Bertz CT molecular complexity index is 329. The van der Waals surface area contributed by atoms with Crippen LogP contribution in [0.15, 0.2) is 12.3 Å². The minimum absolute atomic E-state index is 0.233. The number of hydrogen-bond acceptors (Lipinski definition) is 2. The van der Waals surface area contributed by atoms with Gasteiger partial charge in [0.1, 0.15) is 0 Å². The van der Waals surface area contributed by atoms with Gasteiger partial charge in [0.25, 0.3) is 0 Å². The van der Waals surface area contributed by atoms with E-state index < -0.39 is 5.95 Å². The van der Waals surface area contributed by atoms with Crippen molar-refractivity contribution in [1.82, 2.24) is 4.98 Å². The summed E-state index contributed by atoms with van der Waals surface area (Å²) in [5.74, 6) is 0.233. The molecule has 2 N–H and O–H groups in total. The van der Waals surface area contributed by atoms with Crippen LogP contribution in [0.2, 0.25) is 5.02 Å². The predicted octanol–water partition coefficient (Wildman–Crippen LogP) is 1.94. The van der Waals surface area contributed by atoms with Crippen LogP contribution in [0.1, 0.15) is 17.9 Å². The second-order valence-electron chi connectivity index (χ2n) is 3.37. The number of rotatable bonds is 2. The smallest absolute Gasteiger partial charge is 0.216 e. The molecule has 1 heterocycles. The highest BCUT2D eigenvalue weighted by Gasteiger charge is 2.39. The van der Waals surface area contributed by atoms with Crippen molar-refractivity contribution in [1.29, 1.82) is 0 Å². The first-order valence-electron chi connectivity index (χ1n) is 4.23. The van der Waals surface area contributed by atoms with Crippen molar-refractivity contribution in [2.45, 2.75) is 12.3 Å². The summed E-state index contributed by atoms with van der Waals surface area (Å²) >= 11 is 5.72. The summed E-state index contributed by atoms with van der Waals surface area (Å²) < 4.78 is 13.2. The molecule has 13 heavy (non-hydrogen) atoms. The normalized spacial score (nSPS) is 26.1. The Morgan fingerprint density at radius 1 is 1.69 bits per heavy atom. The third kappa shape index (κ3) is 1.67. The van der Waals surface area contributed by atoms with Crippen molar-refractivity contribution in [2.24, 2.45) is 11.7 Å². The van der Waals surface area contributed by atoms with Crippen LogP contribution < -0.4 is 5.73 Å². The van der Waals surface area contributed by atoms with E-state index >= 15 is 0 Å². The number of pyridine rings is 1. The van der Waals surface area contributed by atoms with Crippen LogP contribution in [0.4, 0.5) is 4.39 Å². The highest BCUT2D eigenvalue weighted by molar-refractivity contribution is 6.30. The van der Waals surface area contributed by atoms with Gasteiger partial charge in [0.05, 0.1) is 5.02 Å². The van der Waals surface area contributed by atoms with E-state index in [0.717, 1.165) is 6.42 Å². The second kappa shape index (κ2) is 3.24. The lowest BCUT2D eigenvalue weighted by Gasteiger charge is -2.00. The third-order valence-electron chi connectivity index (χ3n) is 2.46. The third-order valence-corrected chi connectivity index (χ3v) is 2.66. The van der Waals surface area contributed by atoms with E-state index in [2.05, 4.69) is 4.98 Å². The Morgan fingerprint density at radius 2 is 2.46 bits per heavy atom. The first-order chi connectivity index (χ1) is 6.22. The van der Waals surface area contributed by atoms with Crippen molar-refractivity contribution in [3.8, 4) is 0 Å².